The van der Waals surface area contributed by atoms with Crippen LogP contribution in [-0.4, -0.2) is 36.3 Å². The van der Waals surface area contributed by atoms with E-state index in [0.29, 0.717) is 5.56 Å². The first-order valence-corrected chi connectivity index (χ1v) is 6.18. The summed E-state index contributed by atoms with van der Waals surface area (Å²) >= 11 is 4.18. The number of carbonyl (C=O) groups excluding carboxylic acids is 2. The molecule has 18 heavy (non-hydrogen) atoms. The van der Waals surface area contributed by atoms with E-state index in [0.717, 1.165) is 4.90 Å². The van der Waals surface area contributed by atoms with Crippen LogP contribution >= 0.6 is 12.6 Å². The minimum absolute atomic E-state index is 0.0494. The van der Waals surface area contributed by atoms with Gasteiger partial charge in [0.2, 0.25) is 5.91 Å². The molecule has 0 radical (unpaired) electrons. The van der Waals surface area contributed by atoms with Crippen molar-refractivity contribution in [3.05, 3.63) is 29.8 Å². The van der Waals surface area contributed by atoms with E-state index in [2.05, 4.69) is 17.9 Å². The Kier molecular flexibility index (Phi) is 5.22. The zero-order valence-electron chi connectivity index (χ0n) is 10.8. The third-order valence-corrected chi connectivity index (χ3v) is 2.55. The lowest BCUT2D eigenvalue weighted by Gasteiger charge is -2.18. The van der Waals surface area contributed by atoms with E-state index in [1.165, 1.54) is 4.90 Å². The summed E-state index contributed by atoms with van der Waals surface area (Å²) in [5, 5.41) is 2.74. The molecule has 0 fully saturated rings. The maximum absolute atomic E-state index is 12.0. The Morgan fingerprint density at radius 2 is 2.06 bits per heavy atom. The number of likely N-dealkylation sites (N-methyl/N-ethyl adjacent to an activating group) is 1. The first kappa shape index (κ1) is 14.6. The largest absolute Gasteiger partial charge is 0.352 e. The monoisotopic (exact) mass is 266 g/mol. The fraction of sp³-hybridized carbons (Fsp3) is 0.385. The standard InChI is InChI=1S/C13H18N2O2S/c1-9(2)14-12(16)8-15(3)13(17)10-5-4-6-11(18)7-10/h4-7,9,18H,8H2,1-3H3,(H,14,16). The van der Waals surface area contributed by atoms with Gasteiger partial charge in [-0.15, -0.1) is 12.6 Å². The molecule has 0 unspecified atom stereocenters. The van der Waals surface area contributed by atoms with Crippen LogP contribution in [0.3, 0.4) is 0 Å². The van der Waals surface area contributed by atoms with Gasteiger partial charge in [0.1, 0.15) is 0 Å². The van der Waals surface area contributed by atoms with Crippen LogP contribution in [0.15, 0.2) is 29.2 Å². The second-order valence-corrected chi connectivity index (χ2v) is 4.95. The molecule has 0 saturated carbocycles. The van der Waals surface area contributed by atoms with Gasteiger partial charge in [0.15, 0.2) is 0 Å². The summed E-state index contributed by atoms with van der Waals surface area (Å²) in [5.41, 5.74) is 0.530. The lowest BCUT2D eigenvalue weighted by Crippen LogP contribution is -2.40. The van der Waals surface area contributed by atoms with Gasteiger partial charge in [-0.1, -0.05) is 6.07 Å². The fourth-order valence-corrected chi connectivity index (χ4v) is 1.74. The van der Waals surface area contributed by atoms with Gasteiger partial charge in [-0.3, -0.25) is 9.59 Å². The second kappa shape index (κ2) is 6.44. The molecule has 0 spiro atoms. The number of rotatable bonds is 4. The van der Waals surface area contributed by atoms with Crippen molar-refractivity contribution in [3.63, 3.8) is 0 Å². The van der Waals surface area contributed by atoms with Crippen LogP contribution in [0.25, 0.3) is 0 Å². The van der Waals surface area contributed by atoms with Gasteiger partial charge < -0.3 is 10.2 Å². The van der Waals surface area contributed by atoms with Crippen LogP contribution in [-0.2, 0) is 4.79 Å². The van der Waals surface area contributed by atoms with Gasteiger partial charge in [-0.25, -0.2) is 0 Å². The molecule has 0 atom stereocenters. The van der Waals surface area contributed by atoms with Gasteiger partial charge in [-0.2, -0.15) is 0 Å². The second-order valence-electron chi connectivity index (χ2n) is 4.43. The van der Waals surface area contributed by atoms with Gasteiger partial charge in [0.05, 0.1) is 6.54 Å². The minimum Gasteiger partial charge on any atom is -0.352 e. The maximum Gasteiger partial charge on any atom is 0.254 e. The average molecular weight is 266 g/mol. The lowest BCUT2D eigenvalue weighted by molar-refractivity contribution is -0.122. The van der Waals surface area contributed by atoms with E-state index in [4.69, 9.17) is 0 Å². The molecule has 98 valence electrons. The highest BCUT2D eigenvalue weighted by Crippen LogP contribution is 2.10. The number of carbonyl (C=O) groups is 2. The van der Waals surface area contributed by atoms with Crippen LogP contribution in [0.2, 0.25) is 0 Å². The number of nitrogens with one attached hydrogen (secondary N) is 1. The summed E-state index contributed by atoms with van der Waals surface area (Å²) in [4.78, 5) is 25.7. The van der Waals surface area contributed by atoms with E-state index < -0.39 is 0 Å². The molecule has 1 rings (SSSR count). The van der Waals surface area contributed by atoms with Crippen molar-refractivity contribution in [2.45, 2.75) is 24.8 Å². The summed E-state index contributed by atoms with van der Waals surface area (Å²) in [6.07, 6.45) is 0. The number of hydrogen-bond acceptors (Lipinski definition) is 3. The number of amides is 2. The number of nitrogens with zero attached hydrogens (tertiary/aromatic N) is 1. The molecular formula is C13H18N2O2S. The number of hydrogen-bond donors (Lipinski definition) is 2. The molecule has 2 amide bonds. The first-order valence-electron chi connectivity index (χ1n) is 5.74. The number of benzene rings is 1. The Balaban J connectivity index is 2.64. The van der Waals surface area contributed by atoms with E-state index in [9.17, 15) is 9.59 Å². The van der Waals surface area contributed by atoms with Crippen LogP contribution in [0.5, 0.6) is 0 Å². The van der Waals surface area contributed by atoms with E-state index >= 15 is 0 Å². The average Bonchev–Trinajstić information content (AvgIpc) is 2.26. The highest BCUT2D eigenvalue weighted by molar-refractivity contribution is 7.80. The topological polar surface area (TPSA) is 49.4 Å². The molecule has 0 saturated heterocycles. The SMILES string of the molecule is CC(C)NC(=O)CN(C)C(=O)c1cccc(S)c1. The van der Waals surface area contributed by atoms with Crippen LogP contribution in [0, 0.1) is 0 Å². The summed E-state index contributed by atoms with van der Waals surface area (Å²) in [6, 6.07) is 7.02. The Labute approximate surface area is 113 Å². The molecule has 1 aromatic rings. The van der Waals surface area contributed by atoms with Crippen molar-refractivity contribution in [1.82, 2.24) is 10.2 Å². The van der Waals surface area contributed by atoms with Crippen LogP contribution in [0.4, 0.5) is 0 Å². The van der Waals surface area contributed by atoms with Gasteiger partial charge >= 0.3 is 0 Å². The Morgan fingerprint density at radius 1 is 1.39 bits per heavy atom. The Hall–Kier alpha value is -1.49. The molecule has 1 N–H and O–H groups in total. The van der Waals surface area contributed by atoms with E-state index in [1.54, 1.807) is 31.3 Å². The predicted octanol–water partition coefficient (Wildman–Crippen LogP) is 1.57. The van der Waals surface area contributed by atoms with Gasteiger partial charge in [-0.05, 0) is 32.0 Å². The molecule has 5 heteroatoms. The zero-order chi connectivity index (χ0) is 13.7. The Bertz CT molecular complexity index is 446. The molecule has 4 nitrogen and oxygen atoms in total. The summed E-state index contributed by atoms with van der Waals surface area (Å²) in [5.74, 6) is -0.354. The molecule has 0 aliphatic heterocycles. The van der Waals surface area contributed by atoms with Crippen molar-refractivity contribution in [2.24, 2.45) is 0 Å². The smallest absolute Gasteiger partial charge is 0.254 e. The highest BCUT2D eigenvalue weighted by Gasteiger charge is 2.15. The third-order valence-electron chi connectivity index (χ3n) is 2.27. The van der Waals surface area contributed by atoms with Gasteiger partial charge in [0, 0.05) is 23.5 Å². The maximum atomic E-state index is 12.0. The highest BCUT2D eigenvalue weighted by atomic mass is 32.1. The normalized spacial score (nSPS) is 10.3. The molecule has 1 aromatic carbocycles. The van der Waals surface area contributed by atoms with Crippen molar-refractivity contribution in [1.29, 1.82) is 0 Å². The van der Waals surface area contributed by atoms with Crippen molar-refractivity contribution < 1.29 is 9.59 Å². The number of thiol groups is 1. The molecule has 0 bridgehead atoms. The lowest BCUT2D eigenvalue weighted by atomic mass is 10.2. The van der Waals surface area contributed by atoms with Crippen LogP contribution < -0.4 is 5.32 Å². The quantitative estimate of drug-likeness (QED) is 0.813. The molecule has 0 aliphatic rings. The van der Waals surface area contributed by atoms with Crippen molar-refractivity contribution in [2.75, 3.05) is 13.6 Å². The van der Waals surface area contributed by atoms with Crippen molar-refractivity contribution in [3.8, 4) is 0 Å². The van der Waals surface area contributed by atoms with E-state index in [1.807, 2.05) is 13.8 Å². The van der Waals surface area contributed by atoms with Crippen molar-refractivity contribution >= 4 is 24.4 Å². The fourth-order valence-electron chi connectivity index (χ4n) is 1.51. The predicted molar refractivity (Wildman–Crippen MR) is 73.9 cm³/mol. The molecular weight excluding hydrogens is 248 g/mol. The summed E-state index contributed by atoms with van der Waals surface area (Å²) < 4.78 is 0. The Morgan fingerprint density at radius 3 is 2.61 bits per heavy atom. The van der Waals surface area contributed by atoms with Crippen LogP contribution in [0.1, 0.15) is 24.2 Å². The minimum atomic E-state index is -0.190. The third kappa shape index (κ3) is 4.41. The molecule has 0 aromatic heterocycles. The zero-order valence-corrected chi connectivity index (χ0v) is 11.7. The summed E-state index contributed by atoms with van der Waals surface area (Å²) in [6.45, 7) is 3.81. The first-order chi connectivity index (χ1) is 8.40. The van der Waals surface area contributed by atoms with Gasteiger partial charge in [0.25, 0.3) is 5.91 Å². The molecule has 0 aliphatic carbocycles. The molecule has 0 heterocycles. The summed E-state index contributed by atoms with van der Waals surface area (Å²) in [7, 11) is 1.60. The van der Waals surface area contributed by atoms with E-state index in [-0.39, 0.29) is 24.4 Å².